The molecular formula is C18H17Cl4NO3. The Bertz CT molecular complexity index is 724. The Morgan fingerprint density at radius 1 is 1.04 bits per heavy atom. The monoisotopic (exact) mass is 435 g/mol. The highest BCUT2D eigenvalue weighted by atomic mass is 35.5. The van der Waals surface area contributed by atoms with Crippen molar-refractivity contribution in [3.63, 3.8) is 0 Å². The van der Waals surface area contributed by atoms with Gasteiger partial charge in [-0.1, -0.05) is 52.5 Å². The van der Waals surface area contributed by atoms with Gasteiger partial charge in [0.25, 0.3) is 0 Å². The van der Waals surface area contributed by atoms with Crippen LogP contribution in [0.3, 0.4) is 0 Å². The van der Waals surface area contributed by atoms with Gasteiger partial charge in [0, 0.05) is 30.8 Å². The van der Waals surface area contributed by atoms with E-state index in [1.807, 2.05) is 19.1 Å². The number of nitrogens with zero attached hydrogens (tertiary/aromatic N) is 1. The maximum atomic E-state index is 6.20. The van der Waals surface area contributed by atoms with Crippen LogP contribution in [0.2, 0.25) is 10.0 Å². The fraction of sp³-hybridized carbons (Fsp3) is 0.278. The Morgan fingerprint density at radius 2 is 1.73 bits per heavy atom. The zero-order valence-electron chi connectivity index (χ0n) is 14.0. The van der Waals surface area contributed by atoms with E-state index in [0.717, 1.165) is 5.56 Å². The van der Waals surface area contributed by atoms with E-state index in [-0.39, 0.29) is 11.1 Å². The number of ether oxygens (including phenoxy) is 3. The van der Waals surface area contributed by atoms with Gasteiger partial charge in [0.05, 0.1) is 23.3 Å². The highest BCUT2D eigenvalue weighted by Crippen LogP contribution is 2.37. The molecule has 26 heavy (non-hydrogen) atoms. The number of hydrogen-bond donors (Lipinski definition) is 0. The fourth-order valence-corrected chi connectivity index (χ4v) is 2.61. The lowest BCUT2D eigenvalue weighted by Gasteiger charge is -2.12. The zero-order chi connectivity index (χ0) is 18.9. The normalized spacial score (nSPS) is 10.3. The molecular weight excluding hydrogens is 420 g/mol. The van der Waals surface area contributed by atoms with Crippen molar-refractivity contribution in [3.05, 3.63) is 56.6 Å². The van der Waals surface area contributed by atoms with Gasteiger partial charge >= 0.3 is 0 Å². The zero-order valence-corrected chi connectivity index (χ0v) is 17.0. The van der Waals surface area contributed by atoms with Gasteiger partial charge in [-0.05, 0) is 18.6 Å². The molecule has 0 aliphatic rings. The van der Waals surface area contributed by atoms with E-state index in [0.29, 0.717) is 47.1 Å². The first-order valence-corrected chi connectivity index (χ1v) is 9.28. The molecule has 1 aromatic heterocycles. The Kier molecular flexibility index (Phi) is 8.66. The van der Waals surface area contributed by atoms with Gasteiger partial charge in [-0.25, -0.2) is 4.98 Å². The quantitative estimate of drug-likeness (QED) is 0.436. The average molecular weight is 437 g/mol. The number of aromatic nitrogens is 1. The van der Waals surface area contributed by atoms with Crippen LogP contribution in [-0.2, 0) is 0 Å². The molecule has 0 bridgehead atoms. The predicted octanol–water partition coefficient (Wildman–Crippen LogP) is 6.24. The van der Waals surface area contributed by atoms with E-state index in [2.05, 4.69) is 4.98 Å². The molecule has 0 unspecified atom stereocenters. The van der Waals surface area contributed by atoms with Crippen LogP contribution < -0.4 is 14.2 Å². The summed E-state index contributed by atoms with van der Waals surface area (Å²) in [5, 5.41) is 0.712. The molecule has 0 atom stereocenters. The summed E-state index contributed by atoms with van der Waals surface area (Å²) in [5.41, 5.74) is 1.08. The van der Waals surface area contributed by atoms with Crippen LogP contribution in [-0.4, -0.2) is 24.8 Å². The Morgan fingerprint density at radius 3 is 2.35 bits per heavy atom. The van der Waals surface area contributed by atoms with Crippen molar-refractivity contribution >= 4 is 46.4 Å². The number of pyridine rings is 1. The molecule has 0 amide bonds. The molecule has 8 heteroatoms. The lowest BCUT2D eigenvalue weighted by Crippen LogP contribution is -2.06. The second kappa shape index (κ2) is 10.7. The molecule has 140 valence electrons. The maximum absolute atomic E-state index is 6.20. The number of aryl methyl sites for hydroxylation is 1. The standard InChI is InChI=1S/C18H17Cl4NO3/c1-12-3-4-17(23-11-12)25-6-2-7-26-18-14(19)9-13(10-15(18)20)24-8-5-16(21)22/h3-5,9-11H,2,6-8H2,1H3. The first kappa shape index (κ1) is 21.0. The van der Waals surface area contributed by atoms with Crippen molar-refractivity contribution in [3.8, 4) is 17.4 Å². The third-order valence-electron chi connectivity index (χ3n) is 3.13. The number of benzene rings is 1. The minimum Gasteiger partial charge on any atom is -0.490 e. The van der Waals surface area contributed by atoms with Crippen molar-refractivity contribution in [2.24, 2.45) is 0 Å². The molecule has 0 aliphatic heterocycles. The van der Waals surface area contributed by atoms with Crippen LogP contribution in [0.5, 0.6) is 17.4 Å². The van der Waals surface area contributed by atoms with Gasteiger partial charge in [0.15, 0.2) is 5.75 Å². The van der Waals surface area contributed by atoms with E-state index in [1.165, 1.54) is 6.08 Å². The van der Waals surface area contributed by atoms with Crippen LogP contribution in [0.15, 0.2) is 41.0 Å². The third-order valence-corrected chi connectivity index (χ3v) is 4.00. The molecule has 2 rings (SSSR count). The molecule has 0 N–H and O–H groups in total. The summed E-state index contributed by atoms with van der Waals surface area (Å²) in [6, 6.07) is 7.01. The van der Waals surface area contributed by atoms with Crippen molar-refractivity contribution in [1.82, 2.24) is 4.98 Å². The van der Waals surface area contributed by atoms with Crippen molar-refractivity contribution in [2.45, 2.75) is 13.3 Å². The van der Waals surface area contributed by atoms with Crippen molar-refractivity contribution < 1.29 is 14.2 Å². The largest absolute Gasteiger partial charge is 0.490 e. The Balaban J connectivity index is 1.79. The Labute approximate surface area is 172 Å². The van der Waals surface area contributed by atoms with E-state index < -0.39 is 0 Å². The van der Waals surface area contributed by atoms with Gasteiger partial charge in [0.2, 0.25) is 5.88 Å². The third kappa shape index (κ3) is 7.12. The number of hydrogen-bond acceptors (Lipinski definition) is 4. The minimum atomic E-state index is 0.130. The lowest BCUT2D eigenvalue weighted by atomic mass is 10.3. The summed E-state index contributed by atoms with van der Waals surface area (Å²) in [7, 11) is 0. The number of halogens is 4. The van der Waals surface area contributed by atoms with E-state index in [4.69, 9.17) is 60.6 Å². The molecule has 4 nitrogen and oxygen atoms in total. The van der Waals surface area contributed by atoms with Gasteiger partial charge in [-0.2, -0.15) is 0 Å². The summed E-state index contributed by atoms with van der Waals surface area (Å²) in [4.78, 5) is 4.17. The van der Waals surface area contributed by atoms with E-state index >= 15 is 0 Å². The van der Waals surface area contributed by atoms with E-state index in [9.17, 15) is 0 Å². The lowest BCUT2D eigenvalue weighted by molar-refractivity contribution is 0.242. The highest BCUT2D eigenvalue weighted by Gasteiger charge is 2.10. The molecule has 0 saturated heterocycles. The molecule has 1 aromatic carbocycles. The second-order valence-corrected chi connectivity index (χ2v) is 7.07. The smallest absolute Gasteiger partial charge is 0.213 e. The van der Waals surface area contributed by atoms with Gasteiger partial charge < -0.3 is 14.2 Å². The highest BCUT2D eigenvalue weighted by molar-refractivity contribution is 6.55. The minimum absolute atomic E-state index is 0.130. The summed E-state index contributed by atoms with van der Waals surface area (Å²) in [6.45, 7) is 3.05. The van der Waals surface area contributed by atoms with Crippen molar-refractivity contribution in [1.29, 1.82) is 0 Å². The SMILES string of the molecule is Cc1ccc(OCCCOc2c(Cl)cc(OCC=C(Cl)Cl)cc2Cl)nc1. The summed E-state index contributed by atoms with van der Waals surface area (Å²) >= 11 is 23.4. The molecule has 0 aliphatic carbocycles. The van der Waals surface area contributed by atoms with Crippen LogP contribution in [0.1, 0.15) is 12.0 Å². The maximum Gasteiger partial charge on any atom is 0.213 e. The second-order valence-electron chi connectivity index (χ2n) is 5.25. The molecule has 0 spiro atoms. The van der Waals surface area contributed by atoms with Gasteiger partial charge in [-0.15, -0.1) is 0 Å². The average Bonchev–Trinajstić information content (AvgIpc) is 2.58. The number of rotatable bonds is 9. The molecule has 1 heterocycles. The van der Waals surface area contributed by atoms with Crippen molar-refractivity contribution in [2.75, 3.05) is 19.8 Å². The summed E-state index contributed by atoms with van der Waals surface area (Å²) in [5.74, 6) is 1.48. The van der Waals surface area contributed by atoms with Gasteiger partial charge in [0.1, 0.15) is 16.8 Å². The molecule has 2 aromatic rings. The topological polar surface area (TPSA) is 40.6 Å². The molecule has 0 fully saturated rings. The van der Waals surface area contributed by atoms with Crippen LogP contribution >= 0.6 is 46.4 Å². The molecule has 0 radical (unpaired) electrons. The summed E-state index contributed by atoms with van der Waals surface area (Å²) in [6.07, 6.45) is 3.92. The van der Waals surface area contributed by atoms with Crippen LogP contribution in [0.4, 0.5) is 0 Å². The molecule has 0 saturated carbocycles. The van der Waals surface area contributed by atoms with Gasteiger partial charge in [-0.3, -0.25) is 0 Å². The predicted molar refractivity (Wildman–Crippen MR) is 106 cm³/mol. The Hall–Kier alpha value is -1.33. The first-order valence-electron chi connectivity index (χ1n) is 7.77. The first-order chi connectivity index (χ1) is 12.5. The summed E-state index contributed by atoms with van der Waals surface area (Å²) < 4.78 is 16.8. The fourth-order valence-electron chi connectivity index (χ4n) is 1.91. The van der Waals surface area contributed by atoms with Crippen LogP contribution in [0.25, 0.3) is 0 Å². The van der Waals surface area contributed by atoms with Crippen LogP contribution in [0, 0.1) is 6.92 Å². The van der Waals surface area contributed by atoms with E-state index in [1.54, 1.807) is 18.3 Å².